The summed E-state index contributed by atoms with van der Waals surface area (Å²) in [7, 11) is 0. The largest absolute Gasteiger partial charge is 0.396 e. The zero-order valence-electron chi connectivity index (χ0n) is 8.75. The van der Waals surface area contributed by atoms with E-state index in [9.17, 15) is 4.39 Å². The summed E-state index contributed by atoms with van der Waals surface area (Å²) in [5.74, 6) is -0.0961. The summed E-state index contributed by atoms with van der Waals surface area (Å²) in [6.07, 6.45) is 2.58. The van der Waals surface area contributed by atoms with Crippen LogP contribution in [0.15, 0.2) is 18.2 Å². The molecule has 0 bridgehead atoms. The lowest BCUT2D eigenvalue weighted by molar-refractivity contribution is 0.289. The monoisotopic (exact) mass is 209 g/mol. The number of aliphatic hydroxyl groups excluding tert-OH is 1. The summed E-state index contributed by atoms with van der Waals surface area (Å²) in [5.41, 5.74) is 1.84. The molecule has 0 saturated carbocycles. The molecule has 0 saturated heterocycles. The van der Waals surface area contributed by atoms with E-state index in [1.54, 1.807) is 6.07 Å². The van der Waals surface area contributed by atoms with Gasteiger partial charge in [0.15, 0.2) is 0 Å². The normalized spacial score (nSPS) is 15.2. The second-order valence-electron chi connectivity index (χ2n) is 3.91. The second kappa shape index (κ2) is 4.62. The van der Waals surface area contributed by atoms with Gasteiger partial charge in [-0.2, -0.15) is 0 Å². The van der Waals surface area contributed by atoms with Crippen LogP contribution in [-0.4, -0.2) is 24.8 Å². The molecule has 0 fully saturated rings. The minimum absolute atomic E-state index is 0.0961. The third kappa shape index (κ3) is 2.12. The van der Waals surface area contributed by atoms with Gasteiger partial charge in [-0.3, -0.25) is 0 Å². The van der Waals surface area contributed by atoms with Gasteiger partial charge < -0.3 is 10.0 Å². The van der Waals surface area contributed by atoms with E-state index in [0.29, 0.717) is 0 Å². The molecular formula is C12H16FNO. The first-order valence-corrected chi connectivity index (χ1v) is 5.46. The Hall–Kier alpha value is -1.09. The lowest BCUT2D eigenvalue weighted by Gasteiger charge is -2.31. The van der Waals surface area contributed by atoms with E-state index >= 15 is 0 Å². The molecular weight excluding hydrogens is 193 g/mol. The molecule has 1 aliphatic heterocycles. The van der Waals surface area contributed by atoms with E-state index in [1.807, 2.05) is 6.07 Å². The number of fused-ring (bicyclic) bond motifs is 1. The predicted molar refractivity (Wildman–Crippen MR) is 58.6 cm³/mol. The average molecular weight is 209 g/mol. The minimum atomic E-state index is -0.0961. The van der Waals surface area contributed by atoms with Crippen molar-refractivity contribution in [3.05, 3.63) is 29.6 Å². The van der Waals surface area contributed by atoms with Gasteiger partial charge in [-0.05, 0) is 31.4 Å². The number of halogens is 1. The third-order valence-electron chi connectivity index (χ3n) is 2.88. The van der Waals surface area contributed by atoms with Crippen molar-refractivity contribution in [1.82, 2.24) is 0 Å². The molecule has 1 aromatic rings. The van der Waals surface area contributed by atoms with Gasteiger partial charge in [0, 0.05) is 30.9 Å². The quantitative estimate of drug-likeness (QED) is 0.822. The van der Waals surface area contributed by atoms with E-state index in [4.69, 9.17) is 5.11 Å². The van der Waals surface area contributed by atoms with E-state index < -0.39 is 0 Å². The van der Waals surface area contributed by atoms with Crippen LogP contribution in [0.2, 0.25) is 0 Å². The zero-order valence-corrected chi connectivity index (χ0v) is 8.75. The van der Waals surface area contributed by atoms with Crippen LogP contribution in [0.1, 0.15) is 18.4 Å². The molecule has 1 aromatic carbocycles. The molecule has 2 rings (SSSR count). The SMILES string of the molecule is OCCCN1CCCc2c(F)cccc21. The third-order valence-corrected chi connectivity index (χ3v) is 2.88. The van der Waals surface area contributed by atoms with Gasteiger partial charge in [-0.1, -0.05) is 6.07 Å². The lowest BCUT2D eigenvalue weighted by Crippen LogP contribution is -2.31. The fourth-order valence-corrected chi connectivity index (χ4v) is 2.15. The number of anilines is 1. The Morgan fingerprint density at radius 2 is 2.27 bits per heavy atom. The van der Waals surface area contributed by atoms with Crippen LogP contribution in [0, 0.1) is 5.82 Å². The maximum Gasteiger partial charge on any atom is 0.128 e. The van der Waals surface area contributed by atoms with E-state index in [0.717, 1.165) is 43.6 Å². The number of hydrogen-bond donors (Lipinski definition) is 1. The van der Waals surface area contributed by atoms with Crippen molar-refractivity contribution in [2.24, 2.45) is 0 Å². The fourth-order valence-electron chi connectivity index (χ4n) is 2.15. The van der Waals surface area contributed by atoms with Gasteiger partial charge >= 0.3 is 0 Å². The summed E-state index contributed by atoms with van der Waals surface area (Å²) < 4.78 is 13.5. The van der Waals surface area contributed by atoms with Gasteiger partial charge in [0.2, 0.25) is 0 Å². The molecule has 1 N–H and O–H groups in total. The number of hydrogen-bond acceptors (Lipinski definition) is 2. The van der Waals surface area contributed by atoms with Crippen LogP contribution in [-0.2, 0) is 6.42 Å². The van der Waals surface area contributed by atoms with Crippen molar-refractivity contribution in [2.45, 2.75) is 19.3 Å². The molecule has 3 heteroatoms. The van der Waals surface area contributed by atoms with Gasteiger partial charge in [0.25, 0.3) is 0 Å². The number of aliphatic hydroxyl groups is 1. The highest BCUT2D eigenvalue weighted by atomic mass is 19.1. The first kappa shape index (κ1) is 10.4. The predicted octanol–water partition coefficient (Wildman–Crippen LogP) is 1.96. The van der Waals surface area contributed by atoms with E-state index in [-0.39, 0.29) is 12.4 Å². The molecule has 15 heavy (non-hydrogen) atoms. The molecule has 1 aliphatic rings. The van der Waals surface area contributed by atoms with Crippen molar-refractivity contribution < 1.29 is 9.50 Å². The lowest BCUT2D eigenvalue weighted by atomic mass is 10.0. The van der Waals surface area contributed by atoms with Crippen LogP contribution in [0.3, 0.4) is 0 Å². The Balaban J connectivity index is 2.22. The van der Waals surface area contributed by atoms with Crippen LogP contribution in [0.25, 0.3) is 0 Å². The van der Waals surface area contributed by atoms with E-state index in [2.05, 4.69) is 4.90 Å². The molecule has 0 amide bonds. The number of rotatable bonds is 3. The number of nitrogens with zero attached hydrogens (tertiary/aromatic N) is 1. The highest BCUT2D eigenvalue weighted by molar-refractivity contribution is 5.55. The standard InChI is InChI=1S/C12H16FNO/c13-11-5-1-6-12-10(11)4-2-7-14(12)8-3-9-15/h1,5-6,15H,2-4,7-9H2. The first-order chi connectivity index (χ1) is 7.33. The Kier molecular flexibility index (Phi) is 3.21. The van der Waals surface area contributed by atoms with Gasteiger partial charge in [-0.15, -0.1) is 0 Å². The highest BCUT2D eigenvalue weighted by Gasteiger charge is 2.18. The minimum Gasteiger partial charge on any atom is -0.396 e. The van der Waals surface area contributed by atoms with Crippen LogP contribution < -0.4 is 4.90 Å². The molecule has 1 heterocycles. The maximum atomic E-state index is 13.5. The van der Waals surface area contributed by atoms with Gasteiger partial charge in [0.1, 0.15) is 5.82 Å². The van der Waals surface area contributed by atoms with Crippen molar-refractivity contribution >= 4 is 5.69 Å². The van der Waals surface area contributed by atoms with Crippen LogP contribution >= 0.6 is 0 Å². The molecule has 0 spiro atoms. The second-order valence-corrected chi connectivity index (χ2v) is 3.91. The molecule has 82 valence electrons. The van der Waals surface area contributed by atoms with Crippen LogP contribution in [0.5, 0.6) is 0 Å². The molecule has 0 aliphatic carbocycles. The maximum absolute atomic E-state index is 13.5. The van der Waals surface area contributed by atoms with Gasteiger partial charge in [0.05, 0.1) is 0 Å². The van der Waals surface area contributed by atoms with Gasteiger partial charge in [-0.25, -0.2) is 4.39 Å². The van der Waals surface area contributed by atoms with Crippen molar-refractivity contribution in [1.29, 1.82) is 0 Å². The smallest absolute Gasteiger partial charge is 0.128 e. The zero-order chi connectivity index (χ0) is 10.7. The van der Waals surface area contributed by atoms with Crippen molar-refractivity contribution in [2.75, 3.05) is 24.6 Å². The molecule has 0 unspecified atom stereocenters. The first-order valence-electron chi connectivity index (χ1n) is 5.46. The molecule has 2 nitrogen and oxygen atoms in total. The van der Waals surface area contributed by atoms with Crippen molar-refractivity contribution in [3.63, 3.8) is 0 Å². The molecule has 0 aromatic heterocycles. The Labute approximate surface area is 89.3 Å². The number of benzene rings is 1. The molecule has 0 atom stereocenters. The summed E-state index contributed by atoms with van der Waals surface area (Å²) in [6.45, 7) is 1.98. The Morgan fingerprint density at radius 1 is 1.40 bits per heavy atom. The fraction of sp³-hybridized carbons (Fsp3) is 0.500. The average Bonchev–Trinajstić information content (AvgIpc) is 2.27. The highest BCUT2D eigenvalue weighted by Crippen LogP contribution is 2.28. The van der Waals surface area contributed by atoms with Crippen LogP contribution in [0.4, 0.5) is 10.1 Å². The van der Waals surface area contributed by atoms with E-state index in [1.165, 1.54) is 6.07 Å². The summed E-state index contributed by atoms with van der Waals surface area (Å²) in [6, 6.07) is 5.24. The van der Waals surface area contributed by atoms with Crippen molar-refractivity contribution in [3.8, 4) is 0 Å². The summed E-state index contributed by atoms with van der Waals surface area (Å²) >= 11 is 0. The Morgan fingerprint density at radius 3 is 3.07 bits per heavy atom. The molecule has 0 radical (unpaired) electrons. The Bertz CT molecular complexity index is 340. The topological polar surface area (TPSA) is 23.5 Å². The summed E-state index contributed by atoms with van der Waals surface area (Å²) in [4.78, 5) is 2.16. The summed E-state index contributed by atoms with van der Waals surface area (Å²) in [5, 5.41) is 8.80.